The van der Waals surface area contributed by atoms with E-state index in [2.05, 4.69) is 17.0 Å². The first-order chi connectivity index (χ1) is 16.8. The maximum absolute atomic E-state index is 13.5. The van der Waals surface area contributed by atoms with Gasteiger partial charge < -0.3 is 14.4 Å². The van der Waals surface area contributed by atoms with Crippen molar-refractivity contribution in [2.75, 3.05) is 44.4 Å². The fraction of sp³-hybridized carbons (Fsp3) is 0.444. The number of carbonyl (C=O) groups excluding carboxylic acids is 1. The topological polar surface area (TPSA) is 67.8 Å². The normalized spacial score (nSPS) is 21.0. The number of nitrogens with zero attached hydrogens (tertiary/aromatic N) is 4. The third-order valence-corrected chi connectivity index (χ3v) is 7.16. The molecule has 0 spiro atoms. The van der Waals surface area contributed by atoms with Gasteiger partial charge in [-0.1, -0.05) is 30.3 Å². The lowest BCUT2D eigenvalue weighted by Crippen LogP contribution is -2.42. The van der Waals surface area contributed by atoms with Crippen LogP contribution >= 0.6 is 0 Å². The highest BCUT2D eigenvalue weighted by Crippen LogP contribution is 2.44. The summed E-state index contributed by atoms with van der Waals surface area (Å²) in [5.74, 6) is 1.98. The number of carbonyl (C=O) groups is 1. The number of benzene rings is 2. The van der Waals surface area contributed by atoms with Gasteiger partial charge in [0.2, 0.25) is 11.8 Å². The number of fused-ring (bicyclic) bond motifs is 2. The molecule has 1 saturated carbocycles. The van der Waals surface area contributed by atoms with E-state index in [9.17, 15) is 4.79 Å². The zero-order valence-electron chi connectivity index (χ0n) is 19.4. The zero-order chi connectivity index (χ0) is 22.9. The van der Waals surface area contributed by atoms with Crippen LogP contribution in [0.3, 0.4) is 0 Å². The van der Waals surface area contributed by atoms with Crippen LogP contribution in [0.15, 0.2) is 48.5 Å². The number of ether oxygens (including phenoxy) is 2. The number of amides is 1. The highest BCUT2D eigenvalue weighted by molar-refractivity contribution is 5.98. The number of para-hydroxylation sites is 2. The standard InChI is InChI=1S/C27H30N4O3/c32-27-22(19-9-10-19)17-20-5-1-4-8-24(20)31(27)18-25-28-23-7-3-2-6-21(23)26(29-25)34-16-13-30-11-14-33-15-12-30/h1-8,19,22H,9-18H2. The molecule has 34 heavy (non-hydrogen) atoms. The lowest BCUT2D eigenvalue weighted by molar-refractivity contribution is -0.123. The van der Waals surface area contributed by atoms with Gasteiger partial charge in [0, 0.05) is 31.2 Å². The molecule has 7 heteroatoms. The molecule has 1 atom stereocenters. The molecule has 6 rings (SSSR count). The molecule has 7 nitrogen and oxygen atoms in total. The van der Waals surface area contributed by atoms with Crippen molar-refractivity contribution < 1.29 is 14.3 Å². The molecule has 176 valence electrons. The molecule has 3 aliphatic rings. The summed E-state index contributed by atoms with van der Waals surface area (Å²) in [4.78, 5) is 27.3. The second kappa shape index (κ2) is 9.31. The number of anilines is 1. The van der Waals surface area contributed by atoms with Crippen molar-refractivity contribution in [3.8, 4) is 5.88 Å². The van der Waals surface area contributed by atoms with E-state index in [1.807, 2.05) is 41.3 Å². The third-order valence-electron chi connectivity index (χ3n) is 7.16. The molecule has 1 amide bonds. The van der Waals surface area contributed by atoms with Crippen LogP contribution in [0, 0.1) is 11.8 Å². The van der Waals surface area contributed by atoms with Gasteiger partial charge in [0.05, 0.1) is 30.7 Å². The minimum atomic E-state index is 0.0691. The number of aromatic nitrogens is 2. The summed E-state index contributed by atoms with van der Waals surface area (Å²) in [6.45, 7) is 5.13. The average molecular weight is 459 g/mol. The van der Waals surface area contributed by atoms with Gasteiger partial charge in [-0.05, 0) is 48.9 Å². The number of morpholine rings is 1. The molecule has 0 bridgehead atoms. The second-order valence-corrected chi connectivity index (χ2v) is 9.47. The van der Waals surface area contributed by atoms with E-state index in [4.69, 9.17) is 19.4 Å². The van der Waals surface area contributed by atoms with E-state index in [1.54, 1.807) is 0 Å². The fourth-order valence-corrected chi connectivity index (χ4v) is 5.13. The Hall–Kier alpha value is -3.03. The molecule has 1 aromatic heterocycles. The van der Waals surface area contributed by atoms with E-state index < -0.39 is 0 Å². The Morgan fingerprint density at radius 3 is 2.65 bits per heavy atom. The molecular weight excluding hydrogens is 428 g/mol. The van der Waals surface area contributed by atoms with Gasteiger partial charge in [0.15, 0.2) is 5.82 Å². The van der Waals surface area contributed by atoms with E-state index in [0.29, 0.717) is 30.8 Å². The monoisotopic (exact) mass is 458 g/mol. The van der Waals surface area contributed by atoms with E-state index in [-0.39, 0.29) is 11.8 Å². The first-order valence-electron chi connectivity index (χ1n) is 12.3. The summed E-state index contributed by atoms with van der Waals surface area (Å²) in [5, 5.41) is 0.898. The SMILES string of the molecule is O=C1C(C2CC2)Cc2ccccc2N1Cc1nc(OCCN2CCOCC2)c2ccccc2n1. The fourth-order valence-electron chi connectivity index (χ4n) is 5.13. The van der Waals surface area contributed by atoms with Crippen LogP contribution < -0.4 is 9.64 Å². The number of rotatable bonds is 7. The average Bonchev–Trinajstić information content (AvgIpc) is 3.72. The Balaban J connectivity index is 1.27. The molecule has 0 radical (unpaired) electrons. The van der Waals surface area contributed by atoms with Crippen molar-refractivity contribution in [1.82, 2.24) is 14.9 Å². The van der Waals surface area contributed by atoms with Crippen molar-refractivity contribution in [2.24, 2.45) is 11.8 Å². The maximum Gasteiger partial charge on any atom is 0.231 e. The van der Waals surface area contributed by atoms with Crippen LogP contribution in [0.4, 0.5) is 5.69 Å². The smallest absolute Gasteiger partial charge is 0.231 e. The van der Waals surface area contributed by atoms with Gasteiger partial charge in [0.25, 0.3) is 0 Å². The Bertz CT molecular complexity index is 1190. The van der Waals surface area contributed by atoms with Crippen LogP contribution in [0.1, 0.15) is 24.2 Å². The maximum atomic E-state index is 13.5. The minimum Gasteiger partial charge on any atom is -0.476 e. The minimum absolute atomic E-state index is 0.0691. The molecule has 2 aliphatic heterocycles. The van der Waals surface area contributed by atoms with Gasteiger partial charge in [0.1, 0.15) is 6.61 Å². The van der Waals surface area contributed by atoms with Gasteiger partial charge in [-0.15, -0.1) is 0 Å². The van der Waals surface area contributed by atoms with Crippen LogP contribution in [0.5, 0.6) is 5.88 Å². The molecule has 3 aromatic rings. The van der Waals surface area contributed by atoms with Crippen molar-refractivity contribution in [3.05, 3.63) is 59.9 Å². The predicted octanol–water partition coefficient (Wildman–Crippen LogP) is 3.46. The van der Waals surface area contributed by atoms with Crippen LogP contribution in [0.25, 0.3) is 10.9 Å². The van der Waals surface area contributed by atoms with E-state index >= 15 is 0 Å². The second-order valence-electron chi connectivity index (χ2n) is 9.47. The summed E-state index contributed by atoms with van der Waals surface area (Å²) >= 11 is 0. The summed E-state index contributed by atoms with van der Waals surface area (Å²) in [7, 11) is 0. The lowest BCUT2D eigenvalue weighted by atomic mass is 9.88. The first kappa shape index (κ1) is 21.5. The van der Waals surface area contributed by atoms with Gasteiger partial charge in [-0.25, -0.2) is 4.98 Å². The third kappa shape index (κ3) is 4.38. The predicted molar refractivity (Wildman–Crippen MR) is 130 cm³/mol. The highest BCUT2D eigenvalue weighted by atomic mass is 16.5. The molecule has 0 N–H and O–H groups in total. The molecule has 3 heterocycles. The van der Waals surface area contributed by atoms with Crippen molar-refractivity contribution in [1.29, 1.82) is 0 Å². The highest BCUT2D eigenvalue weighted by Gasteiger charge is 2.42. The Labute approximate surface area is 199 Å². The quantitative estimate of drug-likeness (QED) is 0.540. The molecule has 2 fully saturated rings. The van der Waals surface area contributed by atoms with E-state index in [0.717, 1.165) is 68.7 Å². The largest absolute Gasteiger partial charge is 0.476 e. The summed E-state index contributed by atoms with van der Waals surface area (Å²) < 4.78 is 11.6. The summed E-state index contributed by atoms with van der Waals surface area (Å²) in [5.41, 5.74) is 3.06. The van der Waals surface area contributed by atoms with Crippen molar-refractivity contribution in [3.63, 3.8) is 0 Å². The van der Waals surface area contributed by atoms with Gasteiger partial charge >= 0.3 is 0 Å². The Morgan fingerprint density at radius 2 is 1.79 bits per heavy atom. The van der Waals surface area contributed by atoms with Crippen LogP contribution in [-0.4, -0.2) is 60.2 Å². The zero-order valence-corrected chi connectivity index (χ0v) is 19.4. The van der Waals surface area contributed by atoms with Crippen LogP contribution in [0.2, 0.25) is 0 Å². The first-order valence-corrected chi connectivity index (χ1v) is 12.3. The van der Waals surface area contributed by atoms with Crippen molar-refractivity contribution in [2.45, 2.75) is 25.8 Å². The Kier molecular flexibility index (Phi) is 5.89. The Morgan fingerprint density at radius 1 is 1.00 bits per heavy atom. The van der Waals surface area contributed by atoms with Crippen LogP contribution in [-0.2, 0) is 22.5 Å². The molecular formula is C27H30N4O3. The molecule has 1 aliphatic carbocycles. The summed E-state index contributed by atoms with van der Waals surface area (Å²) in [6.07, 6.45) is 3.14. The van der Waals surface area contributed by atoms with Crippen molar-refractivity contribution >= 4 is 22.5 Å². The van der Waals surface area contributed by atoms with Gasteiger partial charge in [-0.2, -0.15) is 4.98 Å². The van der Waals surface area contributed by atoms with E-state index in [1.165, 1.54) is 5.56 Å². The van der Waals surface area contributed by atoms with Gasteiger partial charge in [-0.3, -0.25) is 9.69 Å². The lowest BCUT2D eigenvalue weighted by Gasteiger charge is -2.34. The molecule has 2 aromatic carbocycles. The molecule has 1 saturated heterocycles. The number of hydrogen-bond donors (Lipinski definition) is 0. The molecule has 1 unspecified atom stereocenters. The summed E-state index contributed by atoms with van der Waals surface area (Å²) in [6, 6.07) is 16.2. The number of hydrogen-bond acceptors (Lipinski definition) is 6.